The van der Waals surface area contributed by atoms with Crippen molar-refractivity contribution in [2.45, 2.75) is 51.1 Å². The van der Waals surface area contributed by atoms with Gasteiger partial charge in [-0.1, -0.05) is 12.8 Å². The van der Waals surface area contributed by atoms with Gasteiger partial charge in [-0.2, -0.15) is 0 Å². The van der Waals surface area contributed by atoms with Crippen LogP contribution in [0.5, 0.6) is 5.75 Å². The number of H-pyrrole nitrogens is 1. The SMILES string of the molecule is O=[N+]([O-])c1cc([N+](=O)[O-])c2nc(C(F)F)[nH]c2c1OC1CCCCCC1. The quantitative estimate of drug-likeness (QED) is 0.472. The van der Waals surface area contributed by atoms with Gasteiger partial charge in [-0.3, -0.25) is 20.2 Å². The number of halogens is 2. The lowest BCUT2D eigenvalue weighted by Crippen LogP contribution is -2.16. The first-order chi connectivity index (χ1) is 12.4. The Morgan fingerprint density at radius 2 is 1.73 bits per heavy atom. The van der Waals surface area contributed by atoms with Gasteiger partial charge < -0.3 is 9.72 Å². The zero-order valence-corrected chi connectivity index (χ0v) is 13.6. The summed E-state index contributed by atoms with van der Waals surface area (Å²) in [6.45, 7) is 0. The lowest BCUT2D eigenvalue weighted by atomic mass is 10.1. The maximum Gasteiger partial charge on any atom is 0.320 e. The van der Waals surface area contributed by atoms with E-state index in [0.29, 0.717) is 18.9 Å². The number of benzene rings is 1. The van der Waals surface area contributed by atoms with E-state index < -0.39 is 33.5 Å². The molecule has 140 valence electrons. The van der Waals surface area contributed by atoms with Crippen molar-refractivity contribution in [3.63, 3.8) is 0 Å². The van der Waals surface area contributed by atoms with Gasteiger partial charge in [-0.25, -0.2) is 13.8 Å². The molecule has 2 aromatic rings. The molecule has 9 nitrogen and oxygen atoms in total. The van der Waals surface area contributed by atoms with E-state index >= 15 is 0 Å². The van der Waals surface area contributed by atoms with Crippen LogP contribution in [-0.4, -0.2) is 25.9 Å². The molecule has 1 aromatic carbocycles. The van der Waals surface area contributed by atoms with E-state index in [1.165, 1.54) is 0 Å². The highest BCUT2D eigenvalue weighted by Crippen LogP contribution is 2.42. The lowest BCUT2D eigenvalue weighted by Gasteiger charge is -2.17. The summed E-state index contributed by atoms with van der Waals surface area (Å²) in [6.07, 6.45) is 1.84. The predicted octanol–water partition coefficient (Wildman–Crippen LogP) is 4.42. The summed E-state index contributed by atoms with van der Waals surface area (Å²) in [4.78, 5) is 26.7. The molecule has 1 N–H and O–H groups in total. The van der Waals surface area contributed by atoms with Crippen LogP contribution >= 0.6 is 0 Å². The minimum atomic E-state index is -3.01. The Labute approximate surface area is 145 Å². The summed E-state index contributed by atoms with van der Waals surface area (Å²) in [7, 11) is 0. The minimum absolute atomic E-state index is 0.245. The summed E-state index contributed by atoms with van der Waals surface area (Å²) in [5, 5.41) is 22.6. The van der Waals surface area contributed by atoms with Crippen molar-refractivity contribution in [2.24, 2.45) is 0 Å². The molecule has 1 aliphatic carbocycles. The predicted molar refractivity (Wildman–Crippen MR) is 86.5 cm³/mol. The third-order valence-corrected chi connectivity index (χ3v) is 4.38. The average molecular weight is 370 g/mol. The van der Waals surface area contributed by atoms with E-state index in [1.807, 2.05) is 0 Å². The fourth-order valence-corrected chi connectivity index (χ4v) is 3.16. The topological polar surface area (TPSA) is 124 Å². The maximum atomic E-state index is 13.0. The van der Waals surface area contributed by atoms with Crippen molar-refractivity contribution in [1.82, 2.24) is 9.97 Å². The van der Waals surface area contributed by atoms with Gasteiger partial charge in [0.15, 0.2) is 11.3 Å². The number of nitro benzene ring substituents is 2. The van der Waals surface area contributed by atoms with Crippen LogP contribution in [0.25, 0.3) is 11.0 Å². The number of hydrogen-bond acceptors (Lipinski definition) is 6. The second-order valence-electron chi connectivity index (χ2n) is 6.14. The number of aromatic nitrogens is 2. The molecule has 0 amide bonds. The Hall–Kier alpha value is -2.85. The number of alkyl halides is 2. The molecule has 11 heteroatoms. The van der Waals surface area contributed by atoms with Gasteiger partial charge in [0.1, 0.15) is 11.6 Å². The highest BCUT2D eigenvalue weighted by atomic mass is 19.3. The molecule has 1 aliphatic rings. The number of nitrogens with one attached hydrogen (secondary N) is 1. The van der Waals surface area contributed by atoms with Gasteiger partial charge in [0, 0.05) is 0 Å². The van der Waals surface area contributed by atoms with E-state index in [4.69, 9.17) is 4.74 Å². The van der Waals surface area contributed by atoms with Crippen molar-refractivity contribution in [1.29, 1.82) is 0 Å². The number of non-ortho nitro benzene ring substituents is 1. The highest BCUT2D eigenvalue weighted by Gasteiger charge is 2.32. The lowest BCUT2D eigenvalue weighted by molar-refractivity contribution is -0.393. The molecule has 1 fully saturated rings. The number of imidazole rings is 1. The van der Waals surface area contributed by atoms with Gasteiger partial charge in [-0.05, 0) is 25.7 Å². The molecule has 1 aromatic heterocycles. The summed E-state index contributed by atoms with van der Waals surface area (Å²) in [5.41, 5.74) is -1.98. The van der Waals surface area contributed by atoms with Crippen molar-refractivity contribution in [3.8, 4) is 5.75 Å². The Bertz CT molecular complexity index is 846. The summed E-state index contributed by atoms with van der Waals surface area (Å²) < 4.78 is 31.8. The molecule has 0 unspecified atom stereocenters. The molecule has 0 aliphatic heterocycles. The molecule has 0 spiro atoms. The van der Waals surface area contributed by atoms with E-state index in [-0.39, 0.29) is 22.9 Å². The van der Waals surface area contributed by atoms with Gasteiger partial charge >= 0.3 is 11.4 Å². The van der Waals surface area contributed by atoms with E-state index in [1.54, 1.807) is 0 Å². The fraction of sp³-hybridized carbons (Fsp3) is 0.533. The van der Waals surface area contributed by atoms with Gasteiger partial charge in [0.25, 0.3) is 6.43 Å². The zero-order valence-electron chi connectivity index (χ0n) is 13.6. The molecular weight excluding hydrogens is 354 g/mol. The number of ether oxygens (including phenoxy) is 1. The number of nitro groups is 2. The second-order valence-corrected chi connectivity index (χ2v) is 6.14. The molecule has 1 saturated carbocycles. The van der Waals surface area contributed by atoms with Crippen LogP contribution in [0.4, 0.5) is 20.2 Å². The number of nitrogens with zero attached hydrogens (tertiary/aromatic N) is 3. The van der Waals surface area contributed by atoms with Crippen LogP contribution in [0.1, 0.15) is 50.8 Å². The monoisotopic (exact) mass is 370 g/mol. The highest BCUT2D eigenvalue weighted by molar-refractivity contribution is 5.93. The summed E-state index contributed by atoms with van der Waals surface area (Å²) in [6, 6.07) is 0.713. The molecule has 0 radical (unpaired) electrons. The van der Waals surface area contributed by atoms with Crippen molar-refractivity contribution in [2.75, 3.05) is 0 Å². The summed E-state index contributed by atoms with van der Waals surface area (Å²) in [5.74, 6) is -1.07. The molecule has 1 heterocycles. The Balaban J connectivity index is 2.17. The van der Waals surface area contributed by atoms with Crippen LogP contribution in [0.3, 0.4) is 0 Å². The number of aromatic amines is 1. The van der Waals surface area contributed by atoms with E-state index in [0.717, 1.165) is 25.7 Å². The van der Waals surface area contributed by atoms with Crippen molar-refractivity contribution in [3.05, 3.63) is 32.1 Å². The standard InChI is InChI=1S/C15H16F2N4O5/c16-14(17)15-18-11-9(20(22)23)7-10(21(24)25)13(12(11)19-15)26-8-5-3-1-2-4-6-8/h7-8,14H,1-6H2,(H,18,19). The minimum Gasteiger partial charge on any atom is -0.482 e. The Kier molecular flexibility index (Phi) is 4.96. The second kappa shape index (κ2) is 7.18. The largest absolute Gasteiger partial charge is 0.482 e. The number of rotatable bonds is 5. The van der Waals surface area contributed by atoms with E-state index in [2.05, 4.69) is 9.97 Å². The molecule has 0 saturated heterocycles. The molecule has 3 rings (SSSR count). The normalized spacial score (nSPS) is 16.0. The summed E-state index contributed by atoms with van der Waals surface area (Å²) >= 11 is 0. The zero-order chi connectivity index (χ0) is 18.8. The van der Waals surface area contributed by atoms with Gasteiger partial charge in [0.2, 0.25) is 5.75 Å². The van der Waals surface area contributed by atoms with Gasteiger partial charge in [-0.15, -0.1) is 0 Å². The average Bonchev–Trinajstić information content (AvgIpc) is 2.87. The van der Waals surface area contributed by atoms with Crippen LogP contribution in [-0.2, 0) is 0 Å². The number of hydrogen-bond donors (Lipinski definition) is 1. The van der Waals surface area contributed by atoms with Crippen LogP contribution < -0.4 is 4.74 Å². The van der Waals surface area contributed by atoms with Crippen molar-refractivity contribution >= 4 is 22.4 Å². The smallest absolute Gasteiger partial charge is 0.320 e. The first-order valence-corrected chi connectivity index (χ1v) is 8.18. The Morgan fingerprint density at radius 1 is 1.12 bits per heavy atom. The number of fused-ring (bicyclic) bond motifs is 1. The molecule has 0 atom stereocenters. The maximum absolute atomic E-state index is 13.0. The molecule has 26 heavy (non-hydrogen) atoms. The first kappa shape index (κ1) is 18.0. The molecular formula is C15H16F2N4O5. The third kappa shape index (κ3) is 3.41. The van der Waals surface area contributed by atoms with Crippen LogP contribution in [0.2, 0.25) is 0 Å². The molecule has 0 bridgehead atoms. The van der Waals surface area contributed by atoms with Crippen molar-refractivity contribution < 1.29 is 23.4 Å². The third-order valence-electron chi connectivity index (χ3n) is 4.38. The fourth-order valence-electron chi connectivity index (χ4n) is 3.16. The van der Waals surface area contributed by atoms with Gasteiger partial charge in [0.05, 0.1) is 16.0 Å². The van der Waals surface area contributed by atoms with Crippen LogP contribution in [0, 0.1) is 20.2 Å². The van der Waals surface area contributed by atoms with Crippen LogP contribution in [0.15, 0.2) is 6.07 Å². The Morgan fingerprint density at radius 3 is 2.27 bits per heavy atom. The van der Waals surface area contributed by atoms with E-state index in [9.17, 15) is 29.0 Å². The first-order valence-electron chi connectivity index (χ1n) is 8.18.